The van der Waals surface area contributed by atoms with Crippen molar-refractivity contribution in [2.45, 2.75) is 11.6 Å². The summed E-state index contributed by atoms with van der Waals surface area (Å²) in [6.07, 6.45) is 2.56. The largest absolute Gasteiger partial charge is 0.384 e. The standard InChI is InChI=1S/C7H12N4OS/c1-12-4-3-5-9-6(8)11-7(10-5)13-2/h3-4H2,1-2H3,(H2,8,9,10,11). The van der Waals surface area contributed by atoms with E-state index in [1.54, 1.807) is 7.11 Å². The summed E-state index contributed by atoms with van der Waals surface area (Å²) in [7, 11) is 1.64. The fraction of sp³-hybridized carbons (Fsp3) is 0.571. The molecule has 0 aromatic carbocycles. The van der Waals surface area contributed by atoms with E-state index in [-0.39, 0.29) is 5.95 Å². The molecule has 0 fully saturated rings. The zero-order valence-corrected chi connectivity index (χ0v) is 8.47. The van der Waals surface area contributed by atoms with Crippen LogP contribution in [0.3, 0.4) is 0 Å². The highest BCUT2D eigenvalue weighted by molar-refractivity contribution is 7.98. The Labute approximate surface area is 81.1 Å². The van der Waals surface area contributed by atoms with E-state index in [1.165, 1.54) is 11.8 Å². The highest BCUT2D eigenvalue weighted by atomic mass is 32.2. The molecule has 0 unspecified atom stereocenters. The van der Waals surface area contributed by atoms with Crippen LogP contribution in [0.1, 0.15) is 5.82 Å². The number of aromatic nitrogens is 3. The number of thioether (sulfide) groups is 1. The number of hydrogen-bond acceptors (Lipinski definition) is 6. The van der Waals surface area contributed by atoms with Crippen molar-refractivity contribution in [3.8, 4) is 0 Å². The van der Waals surface area contributed by atoms with Crippen LogP contribution in [0, 0.1) is 0 Å². The molecule has 72 valence electrons. The Morgan fingerprint density at radius 3 is 2.77 bits per heavy atom. The Balaban J connectivity index is 2.76. The van der Waals surface area contributed by atoms with Gasteiger partial charge in [0, 0.05) is 13.5 Å². The van der Waals surface area contributed by atoms with Crippen molar-refractivity contribution in [1.82, 2.24) is 15.0 Å². The van der Waals surface area contributed by atoms with Crippen LogP contribution in [0.4, 0.5) is 5.95 Å². The number of nitrogen functional groups attached to an aromatic ring is 1. The average molecular weight is 200 g/mol. The molecule has 0 saturated heterocycles. The van der Waals surface area contributed by atoms with Gasteiger partial charge in [-0.05, 0) is 6.26 Å². The molecule has 0 aliphatic carbocycles. The van der Waals surface area contributed by atoms with E-state index in [2.05, 4.69) is 15.0 Å². The number of anilines is 1. The molecule has 0 aliphatic heterocycles. The zero-order valence-electron chi connectivity index (χ0n) is 7.65. The summed E-state index contributed by atoms with van der Waals surface area (Å²) in [6, 6.07) is 0. The van der Waals surface area contributed by atoms with Gasteiger partial charge in [0.15, 0.2) is 5.16 Å². The first kappa shape index (κ1) is 10.2. The smallest absolute Gasteiger partial charge is 0.224 e. The predicted octanol–water partition coefficient (Wildman–Crippen LogP) is 0.365. The summed E-state index contributed by atoms with van der Waals surface area (Å²) in [5, 5.41) is 0.651. The lowest BCUT2D eigenvalue weighted by atomic mass is 10.4. The number of methoxy groups -OCH3 is 1. The van der Waals surface area contributed by atoms with Crippen molar-refractivity contribution in [3.05, 3.63) is 5.82 Å². The zero-order chi connectivity index (χ0) is 9.68. The lowest BCUT2D eigenvalue weighted by Gasteiger charge is -2.01. The van der Waals surface area contributed by atoms with Crippen LogP contribution in [0.2, 0.25) is 0 Å². The highest BCUT2D eigenvalue weighted by Gasteiger charge is 2.02. The summed E-state index contributed by atoms with van der Waals surface area (Å²) in [4.78, 5) is 12.1. The molecule has 1 rings (SSSR count). The van der Waals surface area contributed by atoms with Gasteiger partial charge in [-0.2, -0.15) is 9.97 Å². The molecule has 5 nitrogen and oxygen atoms in total. The molecule has 0 bridgehead atoms. The number of nitrogens with zero attached hydrogens (tertiary/aromatic N) is 3. The number of rotatable bonds is 4. The maximum Gasteiger partial charge on any atom is 0.224 e. The van der Waals surface area contributed by atoms with Crippen LogP contribution in [0.25, 0.3) is 0 Å². The monoisotopic (exact) mass is 200 g/mol. The Hall–Kier alpha value is -0.880. The molecular weight excluding hydrogens is 188 g/mol. The van der Waals surface area contributed by atoms with Gasteiger partial charge in [0.2, 0.25) is 5.95 Å². The third-order valence-electron chi connectivity index (χ3n) is 1.39. The minimum Gasteiger partial charge on any atom is -0.384 e. The van der Waals surface area contributed by atoms with Gasteiger partial charge in [0.25, 0.3) is 0 Å². The molecule has 1 aromatic rings. The summed E-state index contributed by atoms with van der Waals surface area (Å²) < 4.78 is 4.91. The molecular formula is C7H12N4OS. The van der Waals surface area contributed by atoms with Gasteiger partial charge in [-0.15, -0.1) is 0 Å². The molecule has 0 saturated carbocycles. The number of hydrogen-bond donors (Lipinski definition) is 1. The van der Waals surface area contributed by atoms with Crippen LogP contribution in [0.5, 0.6) is 0 Å². The fourth-order valence-electron chi connectivity index (χ4n) is 0.812. The average Bonchev–Trinajstić information content (AvgIpc) is 2.14. The maximum atomic E-state index is 5.49. The lowest BCUT2D eigenvalue weighted by Crippen LogP contribution is -2.06. The van der Waals surface area contributed by atoms with Crippen molar-refractivity contribution in [1.29, 1.82) is 0 Å². The van der Waals surface area contributed by atoms with Crippen molar-refractivity contribution in [3.63, 3.8) is 0 Å². The molecule has 0 amide bonds. The normalized spacial score (nSPS) is 10.3. The van der Waals surface area contributed by atoms with E-state index >= 15 is 0 Å². The molecule has 0 spiro atoms. The van der Waals surface area contributed by atoms with Gasteiger partial charge >= 0.3 is 0 Å². The molecule has 6 heteroatoms. The van der Waals surface area contributed by atoms with Crippen molar-refractivity contribution in [2.75, 3.05) is 25.7 Å². The van der Waals surface area contributed by atoms with E-state index in [0.29, 0.717) is 24.0 Å². The van der Waals surface area contributed by atoms with Crippen molar-refractivity contribution < 1.29 is 4.74 Å². The van der Waals surface area contributed by atoms with Gasteiger partial charge in [0.1, 0.15) is 5.82 Å². The summed E-state index contributed by atoms with van der Waals surface area (Å²) in [5.41, 5.74) is 5.49. The second-order valence-corrected chi connectivity index (χ2v) is 3.11. The molecule has 0 atom stereocenters. The van der Waals surface area contributed by atoms with E-state index in [9.17, 15) is 0 Å². The molecule has 2 N–H and O–H groups in total. The van der Waals surface area contributed by atoms with E-state index < -0.39 is 0 Å². The topological polar surface area (TPSA) is 73.9 Å². The van der Waals surface area contributed by atoms with Gasteiger partial charge in [-0.3, -0.25) is 0 Å². The Bertz CT molecular complexity index is 281. The minimum absolute atomic E-state index is 0.269. The third-order valence-corrected chi connectivity index (χ3v) is 1.94. The fourth-order valence-corrected chi connectivity index (χ4v) is 1.19. The number of nitrogens with two attached hydrogens (primary N) is 1. The molecule has 1 aromatic heterocycles. The first-order valence-corrected chi connectivity index (χ1v) is 5.02. The van der Waals surface area contributed by atoms with Crippen LogP contribution in [-0.2, 0) is 11.2 Å². The predicted molar refractivity (Wildman–Crippen MR) is 51.6 cm³/mol. The first-order valence-electron chi connectivity index (χ1n) is 3.79. The lowest BCUT2D eigenvalue weighted by molar-refractivity contribution is 0.200. The van der Waals surface area contributed by atoms with Crippen LogP contribution in [-0.4, -0.2) is 34.9 Å². The van der Waals surface area contributed by atoms with Crippen molar-refractivity contribution in [2.24, 2.45) is 0 Å². The number of ether oxygens (including phenoxy) is 1. The first-order chi connectivity index (χ1) is 6.26. The SMILES string of the molecule is COCCc1nc(N)nc(SC)n1. The quantitative estimate of drug-likeness (QED) is 0.708. The summed E-state index contributed by atoms with van der Waals surface area (Å²) in [6.45, 7) is 0.595. The van der Waals surface area contributed by atoms with Crippen molar-refractivity contribution >= 4 is 17.7 Å². The molecule has 1 heterocycles. The summed E-state index contributed by atoms with van der Waals surface area (Å²) in [5.74, 6) is 0.948. The highest BCUT2D eigenvalue weighted by Crippen LogP contribution is 2.09. The van der Waals surface area contributed by atoms with E-state index in [0.717, 1.165) is 0 Å². The van der Waals surface area contributed by atoms with Crippen LogP contribution in [0.15, 0.2) is 5.16 Å². The van der Waals surface area contributed by atoms with Gasteiger partial charge in [-0.25, -0.2) is 4.98 Å². The maximum absolute atomic E-state index is 5.49. The molecule has 0 radical (unpaired) electrons. The Morgan fingerprint density at radius 1 is 1.38 bits per heavy atom. The van der Waals surface area contributed by atoms with Crippen LogP contribution >= 0.6 is 11.8 Å². The van der Waals surface area contributed by atoms with Gasteiger partial charge in [0.05, 0.1) is 6.61 Å². The minimum atomic E-state index is 0.269. The second kappa shape index (κ2) is 4.98. The Kier molecular flexibility index (Phi) is 3.91. The second-order valence-electron chi connectivity index (χ2n) is 2.34. The van der Waals surface area contributed by atoms with Gasteiger partial charge < -0.3 is 10.5 Å². The van der Waals surface area contributed by atoms with Crippen LogP contribution < -0.4 is 5.73 Å². The third kappa shape index (κ3) is 3.16. The van der Waals surface area contributed by atoms with E-state index in [4.69, 9.17) is 10.5 Å². The van der Waals surface area contributed by atoms with Gasteiger partial charge in [-0.1, -0.05) is 11.8 Å². The molecule has 13 heavy (non-hydrogen) atoms. The summed E-state index contributed by atoms with van der Waals surface area (Å²) >= 11 is 1.45. The van der Waals surface area contributed by atoms with E-state index in [1.807, 2.05) is 6.26 Å². The Morgan fingerprint density at radius 2 is 2.15 bits per heavy atom. The molecule has 0 aliphatic rings.